The highest BCUT2D eigenvalue weighted by Gasteiger charge is 2.21. The minimum Gasteiger partial charge on any atom is -0.487 e. The average molecular weight is 584 g/mol. The summed E-state index contributed by atoms with van der Waals surface area (Å²) in [6, 6.07) is 8.50. The van der Waals surface area contributed by atoms with E-state index >= 15 is 4.39 Å². The molecule has 0 unspecified atom stereocenters. The first-order valence-electron chi connectivity index (χ1n) is 12.0. The molecule has 0 spiro atoms. The maximum atomic E-state index is 15.1. The van der Waals surface area contributed by atoms with Crippen LogP contribution in [0.2, 0.25) is 5.02 Å². The van der Waals surface area contributed by atoms with Gasteiger partial charge in [-0.1, -0.05) is 11.6 Å². The predicted molar refractivity (Wildman–Crippen MR) is 150 cm³/mol. The second-order valence-corrected chi connectivity index (χ2v) is 10.2. The summed E-state index contributed by atoms with van der Waals surface area (Å²) < 4.78 is 31.9. The Morgan fingerprint density at radius 2 is 2.00 bits per heavy atom. The Labute approximate surface area is 236 Å². The second kappa shape index (κ2) is 11.5. The molecule has 5 rings (SSSR count). The van der Waals surface area contributed by atoms with Crippen molar-refractivity contribution in [3.05, 3.63) is 64.8 Å². The number of methoxy groups -OCH3 is 1. The molecule has 1 atom stereocenters. The number of aryl methyl sites for hydroxylation is 1. The van der Waals surface area contributed by atoms with Crippen molar-refractivity contribution in [1.82, 2.24) is 19.9 Å². The molecule has 10 nitrogen and oxygen atoms in total. The van der Waals surface area contributed by atoms with Crippen LogP contribution in [0.5, 0.6) is 11.6 Å². The van der Waals surface area contributed by atoms with Gasteiger partial charge in [-0.25, -0.2) is 24.1 Å². The van der Waals surface area contributed by atoms with E-state index in [2.05, 4.69) is 25.3 Å². The van der Waals surface area contributed by atoms with Gasteiger partial charge in [0.15, 0.2) is 11.6 Å². The Morgan fingerprint density at radius 3 is 2.73 bits per heavy atom. The van der Waals surface area contributed by atoms with Crippen molar-refractivity contribution in [3.63, 3.8) is 0 Å². The largest absolute Gasteiger partial charge is 0.487 e. The van der Waals surface area contributed by atoms with E-state index in [1.807, 2.05) is 19.1 Å². The van der Waals surface area contributed by atoms with Crippen LogP contribution in [0.1, 0.15) is 18.2 Å². The van der Waals surface area contributed by atoms with Crippen molar-refractivity contribution in [2.45, 2.75) is 26.6 Å². The van der Waals surface area contributed by atoms with Crippen molar-refractivity contribution in [3.8, 4) is 22.2 Å². The molecule has 1 amide bonds. The first-order chi connectivity index (χ1) is 19.2. The number of aliphatic hydroxyl groups is 1. The molecule has 0 fully saturated rings. The van der Waals surface area contributed by atoms with Gasteiger partial charge in [0, 0.05) is 11.6 Å². The molecule has 0 aliphatic heterocycles. The number of fused-ring (bicyclic) bond motifs is 2. The highest BCUT2D eigenvalue weighted by Crippen LogP contribution is 2.40. The van der Waals surface area contributed by atoms with E-state index in [1.165, 1.54) is 36.9 Å². The number of aliphatic hydroxyl groups excluding tert-OH is 1. The van der Waals surface area contributed by atoms with Crippen LogP contribution in [-0.4, -0.2) is 51.0 Å². The van der Waals surface area contributed by atoms with Crippen molar-refractivity contribution >= 4 is 56.0 Å². The summed E-state index contributed by atoms with van der Waals surface area (Å²) in [4.78, 5) is 29.7. The lowest BCUT2D eigenvalue weighted by Gasteiger charge is -2.15. The number of amides is 1. The highest BCUT2D eigenvalue weighted by atomic mass is 35.5. The van der Waals surface area contributed by atoms with Gasteiger partial charge in [0.1, 0.15) is 28.3 Å². The molecule has 206 valence electrons. The molecule has 0 saturated carbocycles. The van der Waals surface area contributed by atoms with Gasteiger partial charge in [-0.05, 0) is 43.7 Å². The van der Waals surface area contributed by atoms with E-state index < -0.39 is 18.0 Å². The van der Waals surface area contributed by atoms with Crippen molar-refractivity contribution in [2.75, 3.05) is 19.0 Å². The number of thiazole rings is 1. The monoisotopic (exact) mass is 583 g/mol. The summed E-state index contributed by atoms with van der Waals surface area (Å²) in [7, 11) is 1.52. The normalized spacial score (nSPS) is 11.9. The topological polar surface area (TPSA) is 129 Å². The van der Waals surface area contributed by atoms with Crippen molar-refractivity contribution in [2.24, 2.45) is 0 Å². The fourth-order valence-corrected chi connectivity index (χ4v) is 5.19. The molecule has 0 saturated heterocycles. The summed E-state index contributed by atoms with van der Waals surface area (Å²) in [5.41, 5.74) is 4.11. The number of aromatic nitrogens is 4. The quantitative estimate of drug-likeness (QED) is 0.229. The maximum Gasteiger partial charge on any atom is 0.412 e. The lowest BCUT2D eigenvalue weighted by Crippen LogP contribution is -2.25. The van der Waals surface area contributed by atoms with Crippen molar-refractivity contribution in [1.29, 1.82) is 0 Å². The average Bonchev–Trinajstić information content (AvgIpc) is 3.38. The number of halogens is 2. The molecule has 3 heterocycles. The highest BCUT2D eigenvalue weighted by molar-refractivity contribution is 7.21. The number of hydrogen-bond acceptors (Lipinski definition) is 10. The number of rotatable bonds is 8. The zero-order chi connectivity index (χ0) is 28.4. The zero-order valence-electron chi connectivity index (χ0n) is 21.6. The fourth-order valence-electron chi connectivity index (χ4n) is 3.87. The van der Waals surface area contributed by atoms with Gasteiger partial charge in [0.2, 0.25) is 5.88 Å². The molecule has 0 bridgehead atoms. The number of carbonyl (C=O) groups excluding carboxylic acids is 1. The molecule has 2 N–H and O–H groups in total. The Kier molecular flexibility index (Phi) is 7.92. The van der Waals surface area contributed by atoms with Crippen LogP contribution in [0.4, 0.5) is 14.9 Å². The van der Waals surface area contributed by atoms with E-state index in [0.29, 0.717) is 43.5 Å². The first kappa shape index (κ1) is 27.4. The SMILES string of the molecule is COc1cnc2c(-c3nc4c(Cl)c(F)c(OC[C@@H](C)OC(=O)Nc5ccc(CO)nc5)cc4s3)cc(C)cc2n1. The smallest absolute Gasteiger partial charge is 0.412 e. The third-order valence-corrected chi connectivity index (χ3v) is 7.14. The van der Waals surface area contributed by atoms with E-state index in [-0.39, 0.29) is 24.0 Å². The van der Waals surface area contributed by atoms with Gasteiger partial charge in [-0.15, -0.1) is 11.3 Å². The molecule has 0 aliphatic carbocycles. The summed E-state index contributed by atoms with van der Waals surface area (Å²) in [5.74, 6) is -0.466. The van der Waals surface area contributed by atoms with E-state index in [1.54, 1.807) is 19.1 Å². The van der Waals surface area contributed by atoms with E-state index in [0.717, 1.165) is 11.1 Å². The molecule has 2 aromatic carbocycles. The molecule has 3 aromatic heterocycles. The molecular formula is C27H23ClFN5O5S. The number of benzene rings is 2. The van der Waals surface area contributed by atoms with E-state index in [9.17, 15) is 4.79 Å². The van der Waals surface area contributed by atoms with Crippen LogP contribution in [-0.2, 0) is 11.3 Å². The van der Waals surface area contributed by atoms with Gasteiger partial charge in [-0.3, -0.25) is 10.3 Å². The van der Waals surface area contributed by atoms with Crippen LogP contribution < -0.4 is 14.8 Å². The van der Waals surface area contributed by atoms with E-state index in [4.69, 9.17) is 30.9 Å². The predicted octanol–water partition coefficient (Wildman–Crippen LogP) is 5.92. The minimum absolute atomic E-state index is 0.0917. The summed E-state index contributed by atoms with van der Waals surface area (Å²) >= 11 is 7.67. The number of nitrogens with one attached hydrogen (secondary N) is 1. The lowest BCUT2D eigenvalue weighted by molar-refractivity contribution is 0.0844. The van der Waals surface area contributed by atoms with Gasteiger partial charge in [0.05, 0.1) is 53.2 Å². The first-order valence-corrected chi connectivity index (χ1v) is 13.2. The number of hydrogen-bond donors (Lipinski definition) is 2. The summed E-state index contributed by atoms with van der Waals surface area (Å²) in [5, 5.41) is 12.0. The Balaban J connectivity index is 1.33. The van der Waals surface area contributed by atoms with Crippen LogP contribution >= 0.6 is 22.9 Å². The number of ether oxygens (including phenoxy) is 3. The minimum atomic E-state index is -0.767. The third kappa shape index (κ3) is 5.74. The zero-order valence-corrected chi connectivity index (χ0v) is 23.1. The molecular weight excluding hydrogens is 561 g/mol. The lowest BCUT2D eigenvalue weighted by atomic mass is 10.1. The second-order valence-electron chi connectivity index (χ2n) is 8.81. The summed E-state index contributed by atoms with van der Waals surface area (Å²) in [6.45, 7) is 3.21. The van der Waals surface area contributed by atoms with Crippen LogP contribution in [0.15, 0.2) is 42.7 Å². The Hall–Kier alpha value is -4.13. The number of anilines is 1. The fraction of sp³-hybridized carbons (Fsp3) is 0.222. The van der Waals surface area contributed by atoms with Crippen LogP contribution in [0, 0.1) is 12.7 Å². The van der Waals surface area contributed by atoms with Crippen LogP contribution in [0.3, 0.4) is 0 Å². The van der Waals surface area contributed by atoms with Crippen molar-refractivity contribution < 1.29 is 28.5 Å². The van der Waals surface area contributed by atoms with Gasteiger partial charge < -0.3 is 19.3 Å². The number of carbonyl (C=O) groups is 1. The van der Waals surface area contributed by atoms with Crippen LogP contribution in [0.25, 0.3) is 31.8 Å². The molecule has 13 heteroatoms. The Bertz CT molecular complexity index is 1720. The van der Waals surface area contributed by atoms with Gasteiger partial charge in [0.25, 0.3) is 0 Å². The summed E-state index contributed by atoms with van der Waals surface area (Å²) in [6.07, 6.45) is 1.47. The standard InChI is InChI=1S/C27H23ClFN5O5S/c1-13-6-17(24-18(7-13)33-21(37-3)10-31-24)26-34-25-20(40-26)8-19(23(29)22(25)28)38-12-14(2)39-27(36)32-15-4-5-16(11-35)30-9-15/h4-10,14,35H,11-12H2,1-3H3,(H,32,36)/t14-/m1/s1. The molecule has 5 aromatic rings. The molecule has 0 radical (unpaired) electrons. The third-order valence-electron chi connectivity index (χ3n) is 5.76. The Morgan fingerprint density at radius 1 is 1.18 bits per heavy atom. The number of pyridine rings is 1. The number of nitrogens with zero attached hydrogens (tertiary/aromatic N) is 4. The van der Waals surface area contributed by atoms with Gasteiger partial charge in [-0.2, -0.15) is 0 Å². The molecule has 0 aliphatic rings. The van der Waals surface area contributed by atoms with Gasteiger partial charge >= 0.3 is 6.09 Å². The molecule has 40 heavy (non-hydrogen) atoms. The maximum absolute atomic E-state index is 15.1.